The van der Waals surface area contributed by atoms with Crippen molar-refractivity contribution in [2.24, 2.45) is 0 Å². The first-order valence-electron chi connectivity index (χ1n) is 10.7. The standard InChI is InChI=1S/C23H21N5O6/c1-14-25-21(34-26-14)7-8-27-22(30)16-9-18-19(33-13-32-18)10-17(16)28(23(27)31)12-20(29)24-11-15-5-3-2-4-6-15/h2-6,9-10H,7-8,11-13H2,1H3,(H,24,29). The fourth-order valence-electron chi connectivity index (χ4n) is 3.80. The van der Waals surface area contributed by atoms with Gasteiger partial charge in [-0.15, -0.1) is 0 Å². The van der Waals surface area contributed by atoms with Gasteiger partial charge in [-0.05, 0) is 18.6 Å². The molecule has 11 nitrogen and oxygen atoms in total. The summed E-state index contributed by atoms with van der Waals surface area (Å²) < 4.78 is 18.2. The van der Waals surface area contributed by atoms with Crippen molar-refractivity contribution >= 4 is 16.8 Å². The van der Waals surface area contributed by atoms with Crippen LogP contribution < -0.4 is 26.0 Å². The number of carbonyl (C=O) groups excluding carboxylic acids is 1. The SMILES string of the molecule is Cc1noc(CCn2c(=O)c3cc4c(cc3n(CC(=O)NCc3ccccc3)c2=O)OCO4)n1. The molecule has 0 radical (unpaired) electrons. The molecule has 0 fully saturated rings. The number of carbonyl (C=O) groups is 1. The summed E-state index contributed by atoms with van der Waals surface area (Å²) in [6.45, 7) is 1.74. The Hall–Kier alpha value is -4.41. The van der Waals surface area contributed by atoms with E-state index in [2.05, 4.69) is 15.5 Å². The second-order valence-electron chi connectivity index (χ2n) is 7.80. The van der Waals surface area contributed by atoms with Crippen molar-refractivity contribution in [1.82, 2.24) is 24.6 Å². The molecule has 0 atom stereocenters. The number of aromatic nitrogens is 4. The van der Waals surface area contributed by atoms with Crippen molar-refractivity contribution in [2.45, 2.75) is 33.0 Å². The van der Waals surface area contributed by atoms with Crippen molar-refractivity contribution in [3.63, 3.8) is 0 Å². The Labute approximate surface area is 192 Å². The molecule has 34 heavy (non-hydrogen) atoms. The Balaban J connectivity index is 1.51. The van der Waals surface area contributed by atoms with Gasteiger partial charge in [-0.25, -0.2) is 4.79 Å². The third-order valence-corrected chi connectivity index (χ3v) is 5.47. The van der Waals surface area contributed by atoms with E-state index in [0.717, 1.165) is 10.1 Å². The van der Waals surface area contributed by atoms with Gasteiger partial charge in [0.2, 0.25) is 18.6 Å². The number of nitrogens with one attached hydrogen (secondary N) is 1. The third kappa shape index (κ3) is 4.15. The predicted molar refractivity (Wildman–Crippen MR) is 120 cm³/mol. The van der Waals surface area contributed by atoms with Gasteiger partial charge >= 0.3 is 5.69 Å². The van der Waals surface area contributed by atoms with Crippen molar-refractivity contribution in [3.8, 4) is 11.5 Å². The summed E-state index contributed by atoms with van der Waals surface area (Å²) in [6, 6.07) is 12.5. The molecule has 0 bridgehead atoms. The van der Waals surface area contributed by atoms with Crippen LogP contribution in [0, 0.1) is 6.92 Å². The van der Waals surface area contributed by atoms with E-state index in [1.807, 2.05) is 30.3 Å². The topological polar surface area (TPSA) is 130 Å². The fraction of sp³-hybridized carbons (Fsp3) is 0.261. The van der Waals surface area contributed by atoms with Crippen LogP contribution in [0.25, 0.3) is 10.9 Å². The molecule has 4 aromatic rings. The van der Waals surface area contributed by atoms with Gasteiger partial charge in [-0.3, -0.25) is 18.7 Å². The van der Waals surface area contributed by atoms with Crippen molar-refractivity contribution in [1.29, 1.82) is 0 Å². The lowest BCUT2D eigenvalue weighted by molar-refractivity contribution is -0.121. The monoisotopic (exact) mass is 463 g/mol. The van der Waals surface area contributed by atoms with Gasteiger partial charge in [0.1, 0.15) is 6.54 Å². The molecule has 0 unspecified atom stereocenters. The zero-order valence-electron chi connectivity index (χ0n) is 18.3. The molecule has 1 aliphatic heterocycles. The van der Waals surface area contributed by atoms with E-state index in [1.54, 1.807) is 13.0 Å². The molecule has 3 heterocycles. The molecule has 0 saturated carbocycles. The lowest BCUT2D eigenvalue weighted by Crippen LogP contribution is -2.43. The second kappa shape index (κ2) is 8.85. The molecular formula is C23H21N5O6. The van der Waals surface area contributed by atoms with Crippen LogP contribution in [0.1, 0.15) is 17.3 Å². The molecule has 174 valence electrons. The Kier molecular flexibility index (Phi) is 5.58. The number of nitrogens with zero attached hydrogens (tertiary/aromatic N) is 4. The highest BCUT2D eigenvalue weighted by Crippen LogP contribution is 2.34. The van der Waals surface area contributed by atoms with Gasteiger partial charge < -0.3 is 19.3 Å². The predicted octanol–water partition coefficient (Wildman–Crippen LogP) is 1.14. The minimum absolute atomic E-state index is 0.00924. The summed E-state index contributed by atoms with van der Waals surface area (Å²) in [5.41, 5.74) is 0.0909. The highest BCUT2D eigenvalue weighted by atomic mass is 16.7. The van der Waals surface area contributed by atoms with Crippen LogP contribution in [0.4, 0.5) is 0 Å². The van der Waals surface area contributed by atoms with E-state index in [1.165, 1.54) is 10.6 Å². The van der Waals surface area contributed by atoms with Gasteiger partial charge in [0.25, 0.3) is 5.56 Å². The zero-order chi connectivity index (χ0) is 23.7. The van der Waals surface area contributed by atoms with E-state index in [9.17, 15) is 14.4 Å². The minimum Gasteiger partial charge on any atom is -0.454 e. The highest BCUT2D eigenvalue weighted by Gasteiger charge is 2.21. The summed E-state index contributed by atoms with van der Waals surface area (Å²) in [5, 5.41) is 6.77. The lowest BCUT2D eigenvalue weighted by atomic mass is 10.2. The van der Waals surface area contributed by atoms with Crippen molar-refractivity contribution < 1.29 is 18.8 Å². The van der Waals surface area contributed by atoms with E-state index in [4.69, 9.17) is 14.0 Å². The maximum Gasteiger partial charge on any atom is 0.331 e. The summed E-state index contributed by atoms with van der Waals surface area (Å²) in [4.78, 5) is 43.4. The first-order valence-corrected chi connectivity index (χ1v) is 10.7. The smallest absolute Gasteiger partial charge is 0.331 e. The molecule has 1 N–H and O–H groups in total. The quantitative estimate of drug-likeness (QED) is 0.432. The normalized spacial score (nSPS) is 12.3. The van der Waals surface area contributed by atoms with E-state index in [-0.39, 0.29) is 37.6 Å². The number of rotatable bonds is 7. The van der Waals surface area contributed by atoms with Crippen LogP contribution in [0.3, 0.4) is 0 Å². The van der Waals surface area contributed by atoms with Gasteiger partial charge in [0.15, 0.2) is 17.3 Å². The van der Waals surface area contributed by atoms with Gasteiger partial charge in [0.05, 0.1) is 10.9 Å². The Bertz CT molecular complexity index is 1490. The molecular weight excluding hydrogens is 442 g/mol. The molecule has 1 amide bonds. The van der Waals surface area contributed by atoms with E-state index >= 15 is 0 Å². The number of amides is 1. The lowest BCUT2D eigenvalue weighted by Gasteiger charge is -2.14. The summed E-state index contributed by atoms with van der Waals surface area (Å²) in [5.74, 6) is 1.21. The number of hydrogen-bond donors (Lipinski definition) is 1. The number of ether oxygens (including phenoxy) is 2. The molecule has 2 aromatic carbocycles. The first kappa shape index (κ1) is 21.4. The van der Waals surface area contributed by atoms with Crippen LogP contribution in [0.2, 0.25) is 0 Å². The summed E-state index contributed by atoms with van der Waals surface area (Å²) >= 11 is 0. The van der Waals surface area contributed by atoms with Crippen LogP contribution in [0.15, 0.2) is 56.6 Å². The van der Waals surface area contributed by atoms with Crippen molar-refractivity contribution in [2.75, 3.05) is 6.79 Å². The van der Waals surface area contributed by atoms with Gasteiger partial charge in [-0.2, -0.15) is 4.98 Å². The van der Waals surface area contributed by atoms with Crippen LogP contribution in [0.5, 0.6) is 11.5 Å². The van der Waals surface area contributed by atoms with E-state index in [0.29, 0.717) is 35.3 Å². The average Bonchev–Trinajstić information content (AvgIpc) is 3.48. The number of benzene rings is 2. The molecule has 1 aliphatic rings. The maximum atomic E-state index is 13.3. The third-order valence-electron chi connectivity index (χ3n) is 5.47. The molecule has 5 rings (SSSR count). The Morgan fingerprint density at radius 2 is 1.85 bits per heavy atom. The number of aryl methyl sites for hydroxylation is 2. The minimum atomic E-state index is -0.623. The Morgan fingerprint density at radius 1 is 1.09 bits per heavy atom. The summed E-state index contributed by atoms with van der Waals surface area (Å²) in [6.07, 6.45) is 0.187. The largest absolute Gasteiger partial charge is 0.454 e. The van der Waals surface area contributed by atoms with Crippen LogP contribution in [-0.2, 0) is 30.8 Å². The molecule has 0 saturated heterocycles. The van der Waals surface area contributed by atoms with Gasteiger partial charge in [0, 0.05) is 25.6 Å². The van der Waals surface area contributed by atoms with Crippen LogP contribution >= 0.6 is 0 Å². The first-order chi connectivity index (χ1) is 16.5. The van der Waals surface area contributed by atoms with Gasteiger partial charge in [-0.1, -0.05) is 35.5 Å². The molecule has 11 heteroatoms. The zero-order valence-corrected chi connectivity index (χ0v) is 18.3. The van der Waals surface area contributed by atoms with Crippen LogP contribution in [-0.4, -0.2) is 32.0 Å². The summed E-state index contributed by atoms with van der Waals surface area (Å²) in [7, 11) is 0. The fourth-order valence-corrected chi connectivity index (χ4v) is 3.80. The Morgan fingerprint density at radius 3 is 2.59 bits per heavy atom. The molecule has 0 spiro atoms. The second-order valence-corrected chi connectivity index (χ2v) is 7.80. The average molecular weight is 463 g/mol. The highest BCUT2D eigenvalue weighted by molar-refractivity contribution is 5.84. The number of fused-ring (bicyclic) bond motifs is 2. The molecule has 2 aromatic heterocycles. The molecule has 0 aliphatic carbocycles. The van der Waals surface area contributed by atoms with Crippen molar-refractivity contribution in [3.05, 3.63) is 80.6 Å². The maximum absolute atomic E-state index is 13.3. The van der Waals surface area contributed by atoms with E-state index < -0.39 is 11.2 Å². The number of hydrogen-bond acceptors (Lipinski definition) is 8.